The van der Waals surface area contributed by atoms with Crippen LogP contribution in [-0.2, 0) is 4.74 Å². The van der Waals surface area contributed by atoms with Crippen LogP contribution in [0.1, 0.15) is 25.5 Å². The Balaban J connectivity index is 1.99. The largest absolute Gasteiger partial charge is 0.481 e. The van der Waals surface area contributed by atoms with Crippen molar-refractivity contribution in [3.05, 3.63) is 18.5 Å². The third-order valence-electron chi connectivity index (χ3n) is 3.09. The molecule has 17 heavy (non-hydrogen) atoms. The van der Waals surface area contributed by atoms with Gasteiger partial charge in [-0.15, -0.1) is 0 Å². The van der Waals surface area contributed by atoms with Crippen molar-refractivity contribution in [1.29, 1.82) is 0 Å². The van der Waals surface area contributed by atoms with Gasteiger partial charge in [0, 0.05) is 18.1 Å². The van der Waals surface area contributed by atoms with E-state index in [2.05, 4.69) is 10.1 Å². The van der Waals surface area contributed by atoms with E-state index in [4.69, 9.17) is 9.47 Å². The fourth-order valence-corrected chi connectivity index (χ4v) is 2.18. The molecule has 2 aromatic rings. The fourth-order valence-electron chi connectivity index (χ4n) is 2.18. The van der Waals surface area contributed by atoms with Gasteiger partial charge in [0.15, 0.2) is 6.23 Å². The Morgan fingerprint density at radius 1 is 1.41 bits per heavy atom. The van der Waals surface area contributed by atoms with Crippen molar-refractivity contribution in [3.8, 4) is 5.88 Å². The third kappa shape index (κ3) is 1.86. The molecule has 0 aliphatic carbocycles. The van der Waals surface area contributed by atoms with E-state index in [-0.39, 0.29) is 6.23 Å². The molecule has 1 unspecified atom stereocenters. The van der Waals surface area contributed by atoms with Gasteiger partial charge in [0.1, 0.15) is 0 Å². The number of hydrogen-bond acceptors (Lipinski definition) is 4. The van der Waals surface area contributed by atoms with Gasteiger partial charge in [-0.2, -0.15) is 5.10 Å². The van der Waals surface area contributed by atoms with Crippen molar-refractivity contribution in [2.45, 2.75) is 25.5 Å². The Bertz CT molecular complexity index is 517. The number of nitrogens with zero attached hydrogens (tertiary/aromatic N) is 3. The Labute approximate surface area is 99.4 Å². The van der Waals surface area contributed by atoms with Crippen molar-refractivity contribution in [2.24, 2.45) is 0 Å². The molecule has 5 nitrogen and oxygen atoms in total. The lowest BCUT2D eigenvalue weighted by molar-refractivity contribution is -0.0367. The van der Waals surface area contributed by atoms with E-state index in [1.165, 1.54) is 6.42 Å². The van der Waals surface area contributed by atoms with Crippen molar-refractivity contribution in [3.63, 3.8) is 0 Å². The molecule has 0 amide bonds. The maximum Gasteiger partial charge on any atom is 0.213 e. The monoisotopic (exact) mass is 233 g/mol. The maximum atomic E-state index is 5.73. The smallest absolute Gasteiger partial charge is 0.213 e. The first kappa shape index (κ1) is 10.5. The van der Waals surface area contributed by atoms with Gasteiger partial charge in [-0.1, -0.05) is 0 Å². The summed E-state index contributed by atoms with van der Waals surface area (Å²) in [4.78, 5) is 4.21. The zero-order valence-electron chi connectivity index (χ0n) is 9.80. The fraction of sp³-hybridized carbons (Fsp3) is 0.500. The molecular weight excluding hydrogens is 218 g/mol. The van der Waals surface area contributed by atoms with Crippen LogP contribution < -0.4 is 4.74 Å². The van der Waals surface area contributed by atoms with Crippen molar-refractivity contribution < 1.29 is 9.47 Å². The molecule has 1 aliphatic rings. The standard InChI is InChI=1S/C12H15N3O2/c1-16-11-6-9-7-14-15(10(9)8-13-11)12-4-2-3-5-17-12/h6-8,12H,2-5H2,1H3. The maximum absolute atomic E-state index is 5.73. The minimum absolute atomic E-state index is 0.0523. The Kier molecular flexibility index (Phi) is 2.68. The van der Waals surface area contributed by atoms with Crippen LogP contribution in [0.2, 0.25) is 0 Å². The van der Waals surface area contributed by atoms with Crippen molar-refractivity contribution in [2.75, 3.05) is 13.7 Å². The second-order valence-electron chi connectivity index (χ2n) is 4.20. The molecule has 0 aromatic carbocycles. The van der Waals surface area contributed by atoms with Crippen molar-refractivity contribution in [1.82, 2.24) is 14.8 Å². The lowest BCUT2D eigenvalue weighted by Crippen LogP contribution is -2.18. The first-order valence-corrected chi connectivity index (χ1v) is 5.87. The summed E-state index contributed by atoms with van der Waals surface area (Å²) in [6.07, 6.45) is 7.02. The lowest BCUT2D eigenvalue weighted by Gasteiger charge is -2.23. The van der Waals surface area contributed by atoms with E-state index in [1.807, 2.05) is 16.9 Å². The minimum Gasteiger partial charge on any atom is -0.481 e. The highest BCUT2D eigenvalue weighted by atomic mass is 16.5. The quantitative estimate of drug-likeness (QED) is 0.797. The molecule has 1 fully saturated rings. The van der Waals surface area contributed by atoms with Gasteiger partial charge in [-0.05, 0) is 19.3 Å². The highest BCUT2D eigenvalue weighted by molar-refractivity contribution is 5.78. The molecule has 0 bridgehead atoms. The van der Waals surface area contributed by atoms with E-state index < -0.39 is 0 Å². The molecule has 0 N–H and O–H groups in total. The van der Waals surface area contributed by atoms with Gasteiger partial charge in [0.2, 0.25) is 5.88 Å². The Hall–Kier alpha value is -1.62. The van der Waals surface area contributed by atoms with Gasteiger partial charge in [-0.25, -0.2) is 9.67 Å². The summed E-state index contributed by atoms with van der Waals surface area (Å²) < 4.78 is 12.7. The van der Waals surface area contributed by atoms with Crippen molar-refractivity contribution >= 4 is 10.9 Å². The van der Waals surface area contributed by atoms with Crippen LogP contribution in [-0.4, -0.2) is 28.5 Å². The SMILES string of the molecule is COc1cc2cnn(C3CCCCO3)c2cn1. The Morgan fingerprint density at radius 2 is 2.35 bits per heavy atom. The zero-order chi connectivity index (χ0) is 11.7. The number of rotatable bonds is 2. The summed E-state index contributed by atoms with van der Waals surface area (Å²) in [5.41, 5.74) is 0.998. The molecule has 2 aromatic heterocycles. The predicted molar refractivity (Wildman–Crippen MR) is 62.9 cm³/mol. The first-order valence-electron chi connectivity index (χ1n) is 5.87. The number of ether oxygens (including phenoxy) is 2. The van der Waals surface area contributed by atoms with Gasteiger partial charge >= 0.3 is 0 Å². The van der Waals surface area contributed by atoms with Crippen LogP contribution >= 0.6 is 0 Å². The van der Waals surface area contributed by atoms with Crippen LogP contribution in [0.15, 0.2) is 18.5 Å². The van der Waals surface area contributed by atoms with Gasteiger partial charge in [0.05, 0.1) is 25.0 Å². The first-order chi connectivity index (χ1) is 8.38. The van der Waals surface area contributed by atoms with Crippen LogP contribution in [0, 0.1) is 0 Å². The van der Waals surface area contributed by atoms with Crippen LogP contribution in [0.3, 0.4) is 0 Å². The molecule has 1 aliphatic heterocycles. The van der Waals surface area contributed by atoms with Crippen LogP contribution in [0.25, 0.3) is 10.9 Å². The van der Waals surface area contributed by atoms with E-state index >= 15 is 0 Å². The second kappa shape index (κ2) is 4.33. The lowest BCUT2D eigenvalue weighted by atomic mass is 10.2. The number of hydrogen-bond donors (Lipinski definition) is 0. The van der Waals surface area contributed by atoms with E-state index in [1.54, 1.807) is 13.3 Å². The van der Waals surface area contributed by atoms with E-state index in [9.17, 15) is 0 Å². The molecule has 1 saturated heterocycles. The molecule has 5 heteroatoms. The highest BCUT2D eigenvalue weighted by Gasteiger charge is 2.18. The molecule has 1 atom stereocenters. The summed E-state index contributed by atoms with van der Waals surface area (Å²) in [6, 6.07) is 1.89. The summed E-state index contributed by atoms with van der Waals surface area (Å²) in [7, 11) is 1.61. The predicted octanol–water partition coefficient (Wildman–Crippen LogP) is 2.14. The summed E-state index contributed by atoms with van der Waals surface area (Å²) in [5, 5.41) is 5.42. The number of methoxy groups -OCH3 is 1. The minimum atomic E-state index is 0.0523. The van der Waals surface area contributed by atoms with Gasteiger partial charge in [-0.3, -0.25) is 0 Å². The number of aromatic nitrogens is 3. The molecule has 3 heterocycles. The normalized spacial score (nSPS) is 20.6. The molecule has 3 rings (SSSR count). The number of pyridine rings is 1. The topological polar surface area (TPSA) is 49.2 Å². The molecule has 0 radical (unpaired) electrons. The number of fused-ring (bicyclic) bond motifs is 1. The Morgan fingerprint density at radius 3 is 3.12 bits per heavy atom. The molecule has 90 valence electrons. The highest BCUT2D eigenvalue weighted by Crippen LogP contribution is 2.26. The average molecular weight is 233 g/mol. The van der Waals surface area contributed by atoms with Gasteiger partial charge < -0.3 is 9.47 Å². The molecule has 0 saturated carbocycles. The van der Waals surface area contributed by atoms with E-state index in [0.717, 1.165) is 30.4 Å². The average Bonchev–Trinajstić information content (AvgIpc) is 2.82. The summed E-state index contributed by atoms with van der Waals surface area (Å²) >= 11 is 0. The van der Waals surface area contributed by atoms with E-state index in [0.29, 0.717) is 5.88 Å². The third-order valence-corrected chi connectivity index (χ3v) is 3.09. The zero-order valence-corrected chi connectivity index (χ0v) is 9.80. The van der Waals surface area contributed by atoms with Crippen LogP contribution in [0.5, 0.6) is 5.88 Å². The second-order valence-corrected chi connectivity index (χ2v) is 4.20. The van der Waals surface area contributed by atoms with Crippen LogP contribution in [0.4, 0.5) is 0 Å². The summed E-state index contributed by atoms with van der Waals surface area (Å²) in [6.45, 7) is 0.815. The summed E-state index contributed by atoms with van der Waals surface area (Å²) in [5.74, 6) is 0.613. The van der Waals surface area contributed by atoms with Gasteiger partial charge in [0.25, 0.3) is 0 Å². The molecular formula is C12H15N3O2. The molecule has 0 spiro atoms.